The van der Waals surface area contributed by atoms with E-state index >= 15 is 0 Å². The van der Waals surface area contributed by atoms with Crippen LogP contribution < -0.4 is 5.32 Å². The van der Waals surface area contributed by atoms with Gasteiger partial charge in [-0.2, -0.15) is 0 Å². The molecule has 1 aliphatic carbocycles. The highest BCUT2D eigenvalue weighted by atomic mass is 35.5. The minimum atomic E-state index is -0.00514. The van der Waals surface area contributed by atoms with E-state index in [1.807, 2.05) is 44.2 Å². The third-order valence-electron chi connectivity index (χ3n) is 4.09. The Labute approximate surface area is 140 Å². The molecule has 0 heterocycles. The van der Waals surface area contributed by atoms with E-state index in [-0.39, 0.29) is 17.7 Å². The maximum atomic E-state index is 12.4. The van der Waals surface area contributed by atoms with Crippen LogP contribution in [-0.2, 0) is 4.79 Å². The fourth-order valence-corrected chi connectivity index (χ4v) is 3.28. The van der Waals surface area contributed by atoms with Gasteiger partial charge in [-0.15, -0.1) is 0 Å². The van der Waals surface area contributed by atoms with Crippen molar-refractivity contribution in [2.24, 2.45) is 5.92 Å². The lowest BCUT2D eigenvalue weighted by Crippen LogP contribution is -2.15. The zero-order chi connectivity index (χ0) is 15.9. The van der Waals surface area contributed by atoms with E-state index < -0.39 is 0 Å². The summed E-state index contributed by atoms with van der Waals surface area (Å²) in [6.45, 7) is 4.01. The molecule has 2 atom stereocenters. The molecule has 2 aromatic rings. The van der Waals surface area contributed by atoms with Crippen molar-refractivity contribution >= 4 is 34.8 Å². The van der Waals surface area contributed by atoms with Crippen molar-refractivity contribution in [3.8, 4) is 0 Å². The Bertz CT molecular complexity index is 722. The number of hydrogen-bond donors (Lipinski definition) is 1. The van der Waals surface area contributed by atoms with E-state index in [1.54, 1.807) is 6.07 Å². The van der Waals surface area contributed by atoms with E-state index in [0.717, 1.165) is 28.8 Å². The van der Waals surface area contributed by atoms with E-state index in [1.165, 1.54) is 0 Å². The number of nitrogens with one attached hydrogen (secondary N) is 1. The molecule has 2 unspecified atom stereocenters. The van der Waals surface area contributed by atoms with Crippen molar-refractivity contribution in [1.82, 2.24) is 0 Å². The van der Waals surface area contributed by atoms with Gasteiger partial charge in [0.2, 0.25) is 5.91 Å². The summed E-state index contributed by atoms with van der Waals surface area (Å²) in [4.78, 5) is 12.4. The smallest absolute Gasteiger partial charge is 0.228 e. The van der Waals surface area contributed by atoms with Crippen LogP contribution in [0, 0.1) is 19.8 Å². The molecule has 0 radical (unpaired) electrons. The Balaban J connectivity index is 1.71. The highest BCUT2D eigenvalue weighted by Crippen LogP contribution is 2.49. The molecule has 22 heavy (non-hydrogen) atoms. The third kappa shape index (κ3) is 3.29. The summed E-state index contributed by atoms with van der Waals surface area (Å²) in [6, 6.07) is 11.6. The molecule has 0 aromatic heterocycles. The largest absolute Gasteiger partial charge is 0.326 e. The van der Waals surface area contributed by atoms with Gasteiger partial charge in [-0.25, -0.2) is 0 Å². The van der Waals surface area contributed by atoms with Crippen LogP contribution in [0.15, 0.2) is 36.4 Å². The summed E-state index contributed by atoms with van der Waals surface area (Å²) in [5.41, 5.74) is 4.13. The van der Waals surface area contributed by atoms with Crippen molar-refractivity contribution in [3.63, 3.8) is 0 Å². The maximum Gasteiger partial charge on any atom is 0.228 e. The van der Waals surface area contributed by atoms with Crippen molar-refractivity contribution in [2.45, 2.75) is 26.2 Å². The fourth-order valence-electron chi connectivity index (χ4n) is 2.74. The molecular weight excluding hydrogens is 317 g/mol. The predicted molar refractivity (Wildman–Crippen MR) is 91.9 cm³/mol. The first-order valence-corrected chi connectivity index (χ1v) is 8.04. The first-order valence-electron chi connectivity index (χ1n) is 7.28. The summed E-state index contributed by atoms with van der Waals surface area (Å²) in [5.74, 6) is 0.269. The molecule has 4 heteroatoms. The molecule has 0 aliphatic heterocycles. The molecule has 1 saturated carbocycles. The Hall–Kier alpha value is -1.51. The maximum absolute atomic E-state index is 12.4. The Kier molecular flexibility index (Phi) is 4.16. The molecule has 0 saturated heterocycles. The number of amides is 1. The first kappa shape index (κ1) is 15.4. The minimum absolute atomic E-state index is 0.00514. The zero-order valence-corrected chi connectivity index (χ0v) is 14.0. The summed E-state index contributed by atoms with van der Waals surface area (Å²) >= 11 is 12.1. The quantitative estimate of drug-likeness (QED) is 0.805. The van der Waals surface area contributed by atoms with Gasteiger partial charge in [-0.3, -0.25) is 4.79 Å². The number of aryl methyl sites for hydroxylation is 2. The van der Waals surface area contributed by atoms with Gasteiger partial charge in [-0.05, 0) is 67.1 Å². The average Bonchev–Trinajstić information content (AvgIpc) is 3.22. The highest BCUT2D eigenvalue weighted by Gasteiger charge is 2.44. The number of carbonyl (C=O) groups is 1. The van der Waals surface area contributed by atoms with Gasteiger partial charge >= 0.3 is 0 Å². The summed E-state index contributed by atoms with van der Waals surface area (Å²) < 4.78 is 0. The molecule has 3 rings (SSSR count). The SMILES string of the molecule is Cc1ccc(C)c(NC(=O)C2CC2c2cc(Cl)cc(Cl)c2)c1. The van der Waals surface area contributed by atoms with Crippen molar-refractivity contribution < 1.29 is 4.79 Å². The monoisotopic (exact) mass is 333 g/mol. The van der Waals surface area contributed by atoms with Crippen LogP contribution in [0.4, 0.5) is 5.69 Å². The highest BCUT2D eigenvalue weighted by molar-refractivity contribution is 6.34. The van der Waals surface area contributed by atoms with Gasteiger partial charge < -0.3 is 5.32 Å². The van der Waals surface area contributed by atoms with Gasteiger partial charge in [-0.1, -0.05) is 35.3 Å². The minimum Gasteiger partial charge on any atom is -0.326 e. The molecule has 1 aliphatic rings. The van der Waals surface area contributed by atoms with Crippen molar-refractivity contribution in [2.75, 3.05) is 5.32 Å². The lowest BCUT2D eigenvalue weighted by atomic mass is 10.1. The second kappa shape index (κ2) is 5.94. The molecule has 1 N–H and O–H groups in total. The summed E-state index contributed by atoms with van der Waals surface area (Å²) in [5, 5.41) is 4.26. The number of rotatable bonds is 3. The first-order chi connectivity index (χ1) is 10.4. The molecular formula is C18H17Cl2NO. The van der Waals surface area contributed by atoms with Crippen LogP contribution in [-0.4, -0.2) is 5.91 Å². The summed E-state index contributed by atoms with van der Waals surface area (Å²) in [7, 11) is 0. The van der Waals surface area contributed by atoms with Crippen LogP contribution in [0.1, 0.15) is 29.0 Å². The van der Waals surface area contributed by atoms with Crippen LogP contribution in [0.25, 0.3) is 0 Å². The molecule has 2 aromatic carbocycles. The lowest BCUT2D eigenvalue weighted by Gasteiger charge is -2.09. The van der Waals surface area contributed by atoms with E-state index in [9.17, 15) is 4.79 Å². The number of carbonyl (C=O) groups excluding carboxylic acids is 1. The molecule has 1 amide bonds. The second-order valence-electron chi connectivity index (χ2n) is 5.96. The molecule has 114 valence electrons. The molecule has 1 fully saturated rings. The Morgan fingerprint density at radius 1 is 1.09 bits per heavy atom. The third-order valence-corrected chi connectivity index (χ3v) is 4.53. The summed E-state index contributed by atoms with van der Waals surface area (Å²) in [6.07, 6.45) is 0.841. The lowest BCUT2D eigenvalue weighted by molar-refractivity contribution is -0.117. The predicted octanol–water partition coefficient (Wildman–Crippen LogP) is 5.35. The van der Waals surface area contributed by atoms with Gasteiger partial charge in [0.15, 0.2) is 0 Å². The molecule has 0 bridgehead atoms. The Morgan fingerprint density at radius 3 is 2.45 bits per heavy atom. The topological polar surface area (TPSA) is 29.1 Å². The normalized spacial score (nSPS) is 19.8. The number of hydrogen-bond acceptors (Lipinski definition) is 1. The number of anilines is 1. The standard InChI is InChI=1S/C18H17Cl2NO/c1-10-3-4-11(2)17(5-10)21-18(22)16-9-15(16)12-6-13(19)8-14(20)7-12/h3-8,15-16H,9H2,1-2H3,(H,21,22). The number of halogens is 2. The second-order valence-corrected chi connectivity index (χ2v) is 6.83. The van der Waals surface area contributed by atoms with Crippen LogP contribution in [0.2, 0.25) is 10.0 Å². The van der Waals surface area contributed by atoms with Crippen LogP contribution in [0.5, 0.6) is 0 Å². The van der Waals surface area contributed by atoms with E-state index in [2.05, 4.69) is 5.32 Å². The van der Waals surface area contributed by atoms with Crippen LogP contribution in [0.3, 0.4) is 0 Å². The van der Waals surface area contributed by atoms with Crippen molar-refractivity contribution in [3.05, 3.63) is 63.1 Å². The molecule has 0 spiro atoms. The average molecular weight is 334 g/mol. The Morgan fingerprint density at radius 2 is 1.77 bits per heavy atom. The van der Waals surface area contributed by atoms with E-state index in [0.29, 0.717) is 10.0 Å². The van der Waals surface area contributed by atoms with Gasteiger partial charge in [0.1, 0.15) is 0 Å². The van der Waals surface area contributed by atoms with Crippen LogP contribution >= 0.6 is 23.2 Å². The van der Waals surface area contributed by atoms with Gasteiger partial charge in [0, 0.05) is 21.7 Å². The van der Waals surface area contributed by atoms with Gasteiger partial charge in [0.25, 0.3) is 0 Å². The van der Waals surface area contributed by atoms with Crippen molar-refractivity contribution in [1.29, 1.82) is 0 Å². The van der Waals surface area contributed by atoms with E-state index in [4.69, 9.17) is 23.2 Å². The molecule has 2 nitrogen and oxygen atoms in total. The zero-order valence-electron chi connectivity index (χ0n) is 12.5. The van der Waals surface area contributed by atoms with Gasteiger partial charge in [0.05, 0.1) is 0 Å². The number of benzene rings is 2. The fraction of sp³-hybridized carbons (Fsp3) is 0.278.